The van der Waals surface area contributed by atoms with Crippen LogP contribution in [0.1, 0.15) is 49.5 Å². The van der Waals surface area contributed by atoms with Crippen molar-refractivity contribution in [3.63, 3.8) is 0 Å². The average Bonchev–Trinajstić information content (AvgIpc) is 2.43. The van der Waals surface area contributed by atoms with E-state index >= 15 is 0 Å². The lowest BCUT2D eigenvalue weighted by Crippen LogP contribution is -2.09. The zero-order valence-corrected chi connectivity index (χ0v) is 14.0. The summed E-state index contributed by atoms with van der Waals surface area (Å²) in [6, 6.07) is 1.97. The Hall–Kier alpha value is -1.64. The van der Waals surface area contributed by atoms with Gasteiger partial charge in [-0.25, -0.2) is 0 Å². The van der Waals surface area contributed by atoms with Crippen LogP contribution >= 0.6 is 0 Å². The predicted octanol–water partition coefficient (Wildman–Crippen LogP) is 3.95. The number of pyridine rings is 1. The Kier molecular flexibility index (Phi) is 7.13. The molecule has 0 aliphatic carbocycles. The van der Waals surface area contributed by atoms with Gasteiger partial charge in [-0.2, -0.15) is 0 Å². The fourth-order valence-corrected chi connectivity index (χ4v) is 2.23. The average molecular weight is 288 g/mol. The monoisotopic (exact) mass is 288 g/mol. The van der Waals surface area contributed by atoms with Crippen molar-refractivity contribution in [2.45, 2.75) is 40.0 Å². The molecule has 0 radical (unpaired) electrons. The van der Waals surface area contributed by atoms with Crippen molar-refractivity contribution in [1.82, 2.24) is 9.88 Å². The van der Waals surface area contributed by atoms with E-state index in [2.05, 4.69) is 25.8 Å². The molecule has 1 heterocycles. The number of carbonyl (C=O) groups is 1. The van der Waals surface area contributed by atoms with Gasteiger partial charge in [0.25, 0.3) is 0 Å². The summed E-state index contributed by atoms with van der Waals surface area (Å²) in [7, 11) is 3.81. The zero-order valence-electron chi connectivity index (χ0n) is 14.0. The number of aromatic nitrogens is 1. The van der Waals surface area contributed by atoms with E-state index < -0.39 is 0 Å². The van der Waals surface area contributed by atoms with E-state index in [9.17, 15) is 4.79 Å². The Morgan fingerprint density at radius 2 is 2.00 bits per heavy atom. The van der Waals surface area contributed by atoms with Crippen LogP contribution < -0.4 is 0 Å². The topological polar surface area (TPSA) is 33.2 Å². The lowest BCUT2D eigenvalue weighted by Gasteiger charge is -2.14. The molecule has 1 aromatic rings. The highest BCUT2D eigenvalue weighted by Gasteiger charge is 2.12. The smallest absolute Gasteiger partial charge is 0.189 e. The molecule has 0 aromatic carbocycles. The summed E-state index contributed by atoms with van der Waals surface area (Å²) in [6.45, 7) is 6.76. The summed E-state index contributed by atoms with van der Waals surface area (Å²) < 4.78 is 0. The molecule has 0 spiro atoms. The van der Waals surface area contributed by atoms with Crippen molar-refractivity contribution >= 4 is 5.78 Å². The molecular weight excluding hydrogens is 260 g/mol. The van der Waals surface area contributed by atoms with Crippen molar-refractivity contribution in [2.24, 2.45) is 11.8 Å². The molecule has 0 aliphatic heterocycles. The second kappa shape index (κ2) is 8.60. The third-order valence-electron chi connectivity index (χ3n) is 3.51. The summed E-state index contributed by atoms with van der Waals surface area (Å²) in [5, 5.41) is 0. The molecule has 0 saturated carbocycles. The number of nitrogens with zero attached hydrogens (tertiary/aromatic N) is 2. The van der Waals surface area contributed by atoms with Crippen LogP contribution in [-0.2, 0) is 6.42 Å². The molecule has 0 aliphatic rings. The largest absolute Gasteiger partial charge is 0.383 e. The SMILES string of the molecule is CC(C)CCC(C)Cc1ccncc1C(=O)C=CN(C)C. The molecule has 3 heteroatoms. The number of carbonyl (C=O) groups excluding carboxylic acids is 1. The number of ketones is 1. The Balaban J connectivity index is 2.77. The Labute approximate surface area is 129 Å². The molecule has 1 atom stereocenters. The first-order valence-electron chi connectivity index (χ1n) is 7.72. The van der Waals surface area contributed by atoms with E-state index in [4.69, 9.17) is 0 Å². The second-order valence-electron chi connectivity index (χ2n) is 6.46. The van der Waals surface area contributed by atoms with Crippen molar-refractivity contribution in [2.75, 3.05) is 14.1 Å². The van der Waals surface area contributed by atoms with E-state index in [-0.39, 0.29) is 5.78 Å². The van der Waals surface area contributed by atoms with E-state index in [1.54, 1.807) is 24.7 Å². The Morgan fingerprint density at radius 3 is 2.62 bits per heavy atom. The third-order valence-corrected chi connectivity index (χ3v) is 3.51. The highest BCUT2D eigenvalue weighted by Crippen LogP contribution is 2.19. The van der Waals surface area contributed by atoms with Gasteiger partial charge >= 0.3 is 0 Å². The molecule has 116 valence electrons. The normalized spacial score (nSPS) is 12.9. The molecule has 21 heavy (non-hydrogen) atoms. The highest BCUT2D eigenvalue weighted by atomic mass is 16.1. The fraction of sp³-hybridized carbons (Fsp3) is 0.556. The highest BCUT2D eigenvalue weighted by molar-refractivity contribution is 6.05. The van der Waals surface area contributed by atoms with Gasteiger partial charge in [0, 0.05) is 44.3 Å². The number of hydrogen-bond donors (Lipinski definition) is 0. The van der Waals surface area contributed by atoms with Crippen LogP contribution in [0.3, 0.4) is 0 Å². The van der Waals surface area contributed by atoms with Gasteiger partial charge in [-0.05, 0) is 29.9 Å². The molecule has 0 saturated heterocycles. The first-order valence-corrected chi connectivity index (χ1v) is 7.72. The first-order chi connectivity index (χ1) is 9.90. The van der Waals surface area contributed by atoms with Crippen molar-refractivity contribution < 1.29 is 4.79 Å². The van der Waals surface area contributed by atoms with Crippen LogP contribution in [0.15, 0.2) is 30.7 Å². The Morgan fingerprint density at radius 1 is 1.29 bits per heavy atom. The minimum absolute atomic E-state index is 0.0304. The fourth-order valence-electron chi connectivity index (χ4n) is 2.23. The molecule has 0 amide bonds. The summed E-state index contributed by atoms with van der Waals surface area (Å²) >= 11 is 0. The summed E-state index contributed by atoms with van der Waals surface area (Å²) in [4.78, 5) is 18.2. The van der Waals surface area contributed by atoms with Crippen molar-refractivity contribution in [3.05, 3.63) is 41.9 Å². The van der Waals surface area contributed by atoms with Gasteiger partial charge in [0.15, 0.2) is 5.78 Å². The van der Waals surface area contributed by atoms with Gasteiger partial charge < -0.3 is 4.90 Å². The maximum absolute atomic E-state index is 12.3. The molecule has 0 fully saturated rings. The molecule has 1 aromatic heterocycles. The van der Waals surface area contributed by atoms with E-state index in [1.165, 1.54) is 12.8 Å². The zero-order chi connectivity index (χ0) is 15.8. The minimum atomic E-state index is 0.0304. The number of rotatable bonds is 8. The maximum Gasteiger partial charge on any atom is 0.189 e. The predicted molar refractivity (Wildman–Crippen MR) is 88.3 cm³/mol. The molecule has 0 N–H and O–H groups in total. The van der Waals surface area contributed by atoms with Crippen LogP contribution in [0.25, 0.3) is 0 Å². The van der Waals surface area contributed by atoms with Crippen LogP contribution in [0.2, 0.25) is 0 Å². The third kappa shape index (κ3) is 6.56. The van der Waals surface area contributed by atoms with Crippen molar-refractivity contribution in [1.29, 1.82) is 0 Å². The van der Waals surface area contributed by atoms with Gasteiger partial charge in [-0.3, -0.25) is 9.78 Å². The van der Waals surface area contributed by atoms with E-state index in [1.807, 2.05) is 25.1 Å². The second-order valence-corrected chi connectivity index (χ2v) is 6.46. The molecule has 1 rings (SSSR count). The van der Waals surface area contributed by atoms with Gasteiger partial charge in [-0.1, -0.05) is 33.6 Å². The summed E-state index contributed by atoms with van der Waals surface area (Å²) in [5.74, 6) is 1.34. The van der Waals surface area contributed by atoms with Gasteiger partial charge in [0.2, 0.25) is 0 Å². The van der Waals surface area contributed by atoms with Crippen LogP contribution in [-0.4, -0.2) is 29.8 Å². The number of allylic oxidation sites excluding steroid dienone is 1. The summed E-state index contributed by atoms with van der Waals surface area (Å²) in [6.07, 6.45) is 10.2. The number of hydrogen-bond acceptors (Lipinski definition) is 3. The van der Waals surface area contributed by atoms with Gasteiger partial charge in [0.05, 0.1) is 0 Å². The van der Waals surface area contributed by atoms with Crippen LogP contribution in [0.5, 0.6) is 0 Å². The van der Waals surface area contributed by atoms with Gasteiger partial charge in [-0.15, -0.1) is 0 Å². The quantitative estimate of drug-likeness (QED) is 0.536. The standard InChI is InChI=1S/C18H28N2O/c1-14(2)6-7-15(3)12-16-8-10-19-13-17(16)18(21)9-11-20(4)5/h8-11,13-15H,6-7,12H2,1-5H3. The first kappa shape index (κ1) is 17.4. The molecular formula is C18H28N2O. The van der Waals surface area contributed by atoms with Crippen LogP contribution in [0.4, 0.5) is 0 Å². The minimum Gasteiger partial charge on any atom is -0.383 e. The van der Waals surface area contributed by atoms with E-state index in [0.717, 1.165) is 23.5 Å². The molecule has 1 unspecified atom stereocenters. The molecule has 3 nitrogen and oxygen atoms in total. The van der Waals surface area contributed by atoms with Gasteiger partial charge in [0.1, 0.15) is 0 Å². The Bertz CT molecular complexity index is 478. The summed E-state index contributed by atoms with van der Waals surface area (Å²) in [5.41, 5.74) is 1.83. The van der Waals surface area contributed by atoms with E-state index in [0.29, 0.717) is 5.92 Å². The maximum atomic E-state index is 12.3. The lowest BCUT2D eigenvalue weighted by atomic mass is 9.91. The lowest BCUT2D eigenvalue weighted by molar-refractivity contribution is 0.104. The molecule has 0 bridgehead atoms. The van der Waals surface area contributed by atoms with Crippen LogP contribution in [0, 0.1) is 11.8 Å². The van der Waals surface area contributed by atoms with Crippen molar-refractivity contribution in [3.8, 4) is 0 Å².